The summed E-state index contributed by atoms with van der Waals surface area (Å²) in [7, 11) is 1.70. The molecule has 0 bridgehead atoms. The van der Waals surface area contributed by atoms with E-state index >= 15 is 0 Å². The molecule has 0 aromatic heterocycles. The molecule has 88 valence electrons. The van der Waals surface area contributed by atoms with Crippen LogP contribution in [-0.2, 0) is 0 Å². The Kier molecular flexibility index (Phi) is 3.87. The van der Waals surface area contributed by atoms with Crippen LogP contribution in [-0.4, -0.2) is 7.11 Å². The lowest BCUT2D eigenvalue weighted by atomic mass is 9.92. The van der Waals surface area contributed by atoms with Gasteiger partial charge in [0.05, 0.1) is 7.11 Å². The zero-order chi connectivity index (χ0) is 11.5. The molecule has 0 heterocycles. The number of halogens is 1. The molecule has 1 aromatic rings. The van der Waals surface area contributed by atoms with Gasteiger partial charge in [0, 0.05) is 16.1 Å². The average Bonchev–Trinajstić information content (AvgIpc) is 2.81. The van der Waals surface area contributed by atoms with Gasteiger partial charge in [-0.1, -0.05) is 28.8 Å². The van der Waals surface area contributed by atoms with E-state index in [0.29, 0.717) is 5.92 Å². The van der Waals surface area contributed by atoms with Crippen LogP contribution in [0.3, 0.4) is 0 Å². The van der Waals surface area contributed by atoms with Gasteiger partial charge in [-0.2, -0.15) is 0 Å². The predicted molar refractivity (Wildman–Crippen MR) is 69.6 cm³/mol. The number of hydrogen-bond donors (Lipinski definition) is 1. The van der Waals surface area contributed by atoms with Crippen LogP contribution < -0.4 is 10.5 Å². The van der Waals surface area contributed by atoms with Crippen LogP contribution in [0.4, 0.5) is 0 Å². The number of hydrogen-bond acceptors (Lipinski definition) is 2. The molecular weight excluding hydrogens is 266 g/mol. The van der Waals surface area contributed by atoms with E-state index in [1.54, 1.807) is 7.11 Å². The van der Waals surface area contributed by atoms with Crippen LogP contribution in [0.15, 0.2) is 22.7 Å². The second-order valence-electron chi connectivity index (χ2n) is 4.46. The molecule has 1 atom stereocenters. The first-order valence-electron chi connectivity index (χ1n) is 5.81. The molecule has 2 nitrogen and oxygen atoms in total. The van der Waals surface area contributed by atoms with Crippen LogP contribution in [0.25, 0.3) is 0 Å². The quantitative estimate of drug-likeness (QED) is 0.919. The van der Waals surface area contributed by atoms with Crippen LogP contribution in [0.1, 0.15) is 37.3 Å². The van der Waals surface area contributed by atoms with E-state index in [2.05, 4.69) is 22.0 Å². The smallest absolute Gasteiger partial charge is 0.123 e. The Bertz CT molecular complexity index is 361. The Morgan fingerprint density at radius 1 is 1.38 bits per heavy atom. The summed E-state index contributed by atoms with van der Waals surface area (Å²) in [6.07, 6.45) is 5.12. The van der Waals surface area contributed by atoms with Gasteiger partial charge >= 0.3 is 0 Å². The largest absolute Gasteiger partial charge is 0.496 e. The fourth-order valence-electron chi connectivity index (χ4n) is 2.54. The van der Waals surface area contributed by atoms with Crippen molar-refractivity contribution in [1.82, 2.24) is 0 Å². The maximum absolute atomic E-state index is 6.34. The van der Waals surface area contributed by atoms with Crippen molar-refractivity contribution < 1.29 is 4.74 Å². The molecule has 0 amide bonds. The summed E-state index contributed by atoms with van der Waals surface area (Å²) in [4.78, 5) is 0. The highest BCUT2D eigenvalue weighted by Gasteiger charge is 2.25. The lowest BCUT2D eigenvalue weighted by Crippen LogP contribution is -2.19. The number of rotatable bonds is 3. The summed E-state index contributed by atoms with van der Waals surface area (Å²) in [5, 5.41) is 0. The SMILES string of the molecule is COc1ccc(Br)cc1[C@H](N)C1CCCC1. The first-order chi connectivity index (χ1) is 7.72. The maximum atomic E-state index is 6.34. The summed E-state index contributed by atoms with van der Waals surface area (Å²) < 4.78 is 6.45. The van der Waals surface area contributed by atoms with Gasteiger partial charge < -0.3 is 10.5 Å². The summed E-state index contributed by atoms with van der Waals surface area (Å²) in [5.74, 6) is 1.52. The van der Waals surface area contributed by atoms with Gasteiger partial charge in [-0.3, -0.25) is 0 Å². The van der Waals surface area contributed by atoms with Gasteiger partial charge in [-0.25, -0.2) is 0 Å². The Morgan fingerprint density at radius 2 is 2.06 bits per heavy atom. The van der Waals surface area contributed by atoms with Gasteiger partial charge in [-0.05, 0) is 37.0 Å². The molecule has 2 rings (SSSR count). The standard InChI is InChI=1S/C13H18BrNO/c1-16-12-7-6-10(14)8-11(12)13(15)9-4-2-3-5-9/h6-9,13H,2-5,15H2,1H3/t13-/m1/s1. The number of benzene rings is 1. The summed E-state index contributed by atoms with van der Waals surface area (Å²) >= 11 is 3.49. The molecule has 0 aliphatic heterocycles. The number of nitrogens with two attached hydrogens (primary N) is 1. The normalized spacial score (nSPS) is 18.7. The summed E-state index contributed by atoms with van der Waals surface area (Å²) in [6, 6.07) is 6.16. The minimum Gasteiger partial charge on any atom is -0.496 e. The Hall–Kier alpha value is -0.540. The van der Waals surface area contributed by atoms with Crippen LogP contribution in [0.2, 0.25) is 0 Å². The molecule has 1 aliphatic rings. The minimum atomic E-state index is 0.106. The van der Waals surface area contributed by atoms with E-state index in [4.69, 9.17) is 10.5 Å². The van der Waals surface area contributed by atoms with Crippen molar-refractivity contribution >= 4 is 15.9 Å². The molecule has 0 radical (unpaired) electrons. The summed E-state index contributed by atoms with van der Waals surface area (Å²) in [5.41, 5.74) is 7.47. The lowest BCUT2D eigenvalue weighted by molar-refractivity contribution is 0.385. The molecule has 1 fully saturated rings. The molecule has 1 saturated carbocycles. The van der Waals surface area contributed by atoms with Crippen LogP contribution in [0, 0.1) is 5.92 Å². The Morgan fingerprint density at radius 3 is 2.69 bits per heavy atom. The highest BCUT2D eigenvalue weighted by molar-refractivity contribution is 9.10. The second-order valence-corrected chi connectivity index (χ2v) is 5.37. The fraction of sp³-hybridized carbons (Fsp3) is 0.538. The van der Waals surface area contributed by atoms with E-state index < -0.39 is 0 Å². The molecular formula is C13H18BrNO. The molecule has 1 aliphatic carbocycles. The van der Waals surface area contributed by atoms with Crippen molar-refractivity contribution in [3.05, 3.63) is 28.2 Å². The lowest BCUT2D eigenvalue weighted by Gasteiger charge is -2.21. The van der Waals surface area contributed by atoms with Crippen molar-refractivity contribution in [2.45, 2.75) is 31.7 Å². The van der Waals surface area contributed by atoms with E-state index in [9.17, 15) is 0 Å². The van der Waals surface area contributed by atoms with Crippen molar-refractivity contribution in [2.24, 2.45) is 11.7 Å². The Labute approximate surface area is 105 Å². The zero-order valence-corrected chi connectivity index (χ0v) is 11.2. The van der Waals surface area contributed by atoms with Gasteiger partial charge in [0.15, 0.2) is 0 Å². The molecule has 0 saturated heterocycles. The second kappa shape index (κ2) is 5.19. The van der Waals surface area contributed by atoms with Crippen LogP contribution in [0.5, 0.6) is 5.75 Å². The average molecular weight is 284 g/mol. The molecule has 0 unspecified atom stereocenters. The highest BCUT2D eigenvalue weighted by atomic mass is 79.9. The minimum absolute atomic E-state index is 0.106. The van der Waals surface area contributed by atoms with E-state index in [1.165, 1.54) is 25.7 Å². The van der Waals surface area contributed by atoms with E-state index in [1.807, 2.05) is 12.1 Å². The predicted octanol–water partition coefficient (Wildman–Crippen LogP) is 3.65. The van der Waals surface area contributed by atoms with Gasteiger partial charge in [0.1, 0.15) is 5.75 Å². The van der Waals surface area contributed by atoms with Crippen molar-refractivity contribution in [2.75, 3.05) is 7.11 Å². The zero-order valence-electron chi connectivity index (χ0n) is 9.58. The third-order valence-corrected chi connectivity index (χ3v) is 3.95. The van der Waals surface area contributed by atoms with E-state index in [-0.39, 0.29) is 6.04 Å². The molecule has 16 heavy (non-hydrogen) atoms. The summed E-state index contributed by atoms with van der Waals surface area (Å²) in [6.45, 7) is 0. The van der Waals surface area contributed by atoms with Crippen molar-refractivity contribution in [3.8, 4) is 5.75 Å². The molecule has 1 aromatic carbocycles. The van der Waals surface area contributed by atoms with Gasteiger partial charge in [0.25, 0.3) is 0 Å². The Balaban J connectivity index is 2.26. The first-order valence-corrected chi connectivity index (χ1v) is 6.60. The monoisotopic (exact) mass is 283 g/mol. The van der Waals surface area contributed by atoms with Crippen molar-refractivity contribution in [1.29, 1.82) is 0 Å². The molecule has 2 N–H and O–H groups in total. The topological polar surface area (TPSA) is 35.2 Å². The molecule has 0 spiro atoms. The maximum Gasteiger partial charge on any atom is 0.123 e. The number of ether oxygens (including phenoxy) is 1. The third kappa shape index (κ3) is 2.41. The highest BCUT2D eigenvalue weighted by Crippen LogP contribution is 2.38. The third-order valence-electron chi connectivity index (χ3n) is 3.46. The fourth-order valence-corrected chi connectivity index (χ4v) is 2.91. The van der Waals surface area contributed by atoms with Crippen molar-refractivity contribution in [3.63, 3.8) is 0 Å². The number of methoxy groups -OCH3 is 1. The van der Waals surface area contributed by atoms with E-state index in [0.717, 1.165) is 15.8 Å². The van der Waals surface area contributed by atoms with Gasteiger partial charge in [0.2, 0.25) is 0 Å². The first kappa shape index (κ1) is 11.9. The molecule has 3 heteroatoms. The van der Waals surface area contributed by atoms with Crippen LogP contribution >= 0.6 is 15.9 Å². The van der Waals surface area contributed by atoms with Gasteiger partial charge in [-0.15, -0.1) is 0 Å².